The molecule has 4 nitrogen and oxygen atoms in total. The molecule has 0 unspecified atom stereocenters. The Labute approximate surface area is 190 Å². The second kappa shape index (κ2) is 9.00. The molecule has 0 aliphatic carbocycles. The van der Waals surface area contributed by atoms with E-state index in [2.05, 4.69) is 0 Å². The fourth-order valence-electron chi connectivity index (χ4n) is 3.55. The fraction of sp³-hybridized carbons (Fsp3) is 0.120. The molecule has 0 saturated heterocycles. The minimum Gasteiger partial charge on any atom is -0.496 e. The van der Waals surface area contributed by atoms with Crippen LogP contribution in [0.5, 0.6) is 5.75 Å². The predicted molar refractivity (Wildman–Crippen MR) is 126 cm³/mol. The molecule has 1 aliphatic heterocycles. The topological polar surface area (TPSA) is 46.6 Å². The molecule has 0 aromatic heterocycles. The maximum Gasteiger partial charge on any atom is 0.272 e. The molecule has 156 valence electrons. The molecule has 0 fully saturated rings. The average Bonchev–Trinajstić information content (AvgIpc) is 3.02. The summed E-state index contributed by atoms with van der Waals surface area (Å²) in [4.78, 5) is 28.7. The number of ether oxygens (including phenoxy) is 1. The number of thioether (sulfide) groups is 1. The summed E-state index contributed by atoms with van der Waals surface area (Å²) in [6, 6.07) is 22.2. The minimum absolute atomic E-state index is 0.336. The Morgan fingerprint density at radius 3 is 2.35 bits per heavy atom. The van der Waals surface area contributed by atoms with E-state index >= 15 is 0 Å². The zero-order chi connectivity index (χ0) is 22.0. The molecule has 3 aromatic rings. The highest BCUT2D eigenvalue weighted by Crippen LogP contribution is 2.42. The van der Waals surface area contributed by atoms with E-state index in [9.17, 15) is 9.59 Å². The molecule has 3 aromatic carbocycles. The summed E-state index contributed by atoms with van der Waals surface area (Å²) in [6.45, 7) is 1.83. The van der Waals surface area contributed by atoms with E-state index in [1.165, 1.54) is 16.7 Å². The molecule has 0 spiro atoms. The van der Waals surface area contributed by atoms with Gasteiger partial charge in [0.05, 0.1) is 23.3 Å². The van der Waals surface area contributed by atoms with Crippen molar-refractivity contribution in [3.05, 3.63) is 99.4 Å². The summed E-state index contributed by atoms with van der Waals surface area (Å²) in [5, 5.41) is 0.553. The van der Waals surface area contributed by atoms with Crippen molar-refractivity contribution in [2.45, 2.75) is 12.7 Å². The zero-order valence-electron chi connectivity index (χ0n) is 17.1. The average molecular weight is 450 g/mol. The molecule has 2 amide bonds. The lowest BCUT2D eigenvalue weighted by Gasteiger charge is -2.18. The van der Waals surface area contributed by atoms with Gasteiger partial charge in [-0.05, 0) is 42.3 Å². The number of hydrogen-bond donors (Lipinski definition) is 0. The Morgan fingerprint density at radius 1 is 0.935 bits per heavy atom. The third-order valence-corrected chi connectivity index (χ3v) is 6.42. The van der Waals surface area contributed by atoms with Crippen LogP contribution in [0.25, 0.3) is 5.57 Å². The lowest BCUT2D eigenvalue weighted by molar-refractivity contribution is -0.119. The highest BCUT2D eigenvalue weighted by molar-refractivity contribution is 8.03. The number of hydrogen-bond acceptors (Lipinski definition) is 4. The molecule has 0 saturated carbocycles. The number of carbonyl (C=O) groups is 2. The van der Waals surface area contributed by atoms with Crippen molar-refractivity contribution in [1.82, 2.24) is 0 Å². The van der Waals surface area contributed by atoms with Crippen molar-refractivity contribution in [2.75, 3.05) is 12.0 Å². The first kappa shape index (κ1) is 21.2. The van der Waals surface area contributed by atoms with Gasteiger partial charge >= 0.3 is 0 Å². The van der Waals surface area contributed by atoms with Crippen LogP contribution in [0, 0.1) is 6.92 Å². The van der Waals surface area contributed by atoms with Gasteiger partial charge in [-0.3, -0.25) is 9.59 Å². The molecular weight excluding hydrogens is 430 g/mol. The van der Waals surface area contributed by atoms with E-state index in [0.717, 1.165) is 11.1 Å². The summed E-state index contributed by atoms with van der Waals surface area (Å²) in [6.07, 6.45) is 0. The number of anilines is 1. The maximum atomic E-state index is 13.6. The summed E-state index contributed by atoms with van der Waals surface area (Å²) < 4.78 is 5.49. The summed E-state index contributed by atoms with van der Waals surface area (Å²) >= 11 is 7.45. The van der Waals surface area contributed by atoms with Crippen LogP contribution in [-0.2, 0) is 15.3 Å². The lowest BCUT2D eigenvalue weighted by Crippen LogP contribution is -2.32. The van der Waals surface area contributed by atoms with Crippen molar-refractivity contribution < 1.29 is 14.3 Å². The van der Waals surface area contributed by atoms with Gasteiger partial charge in [0.2, 0.25) is 0 Å². The smallest absolute Gasteiger partial charge is 0.272 e. The Kier molecular flexibility index (Phi) is 6.16. The van der Waals surface area contributed by atoms with Crippen LogP contribution in [0.15, 0.2) is 77.7 Å². The highest BCUT2D eigenvalue weighted by Gasteiger charge is 2.41. The second-order valence-electron chi connectivity index (χ2n) is 7.06. The first-order valence-electron chi connectivity index (χ1n) is 9.70. The number of methoxy groups -OCH3 is 1. The first-order chi connectivity index (χ1) is 15.0. The monoisotopic (exact) mass is 449 g/mol. The molecule has 0 bridgehead atoms. The van der Waals surface area contributed by atoms with Gasteiger partial charge in [0.25, 0.3) is 11.8 Å². The molecule has 31 heavy (non-hydrogen) atoms. The summed E-state index contributed by atoms with van der Waals surface area (Å²) in [7, 11) is 1.55. The van der Waals surface area contributed by atoms with Crippen molar-refractivity contribution in [3.8, 4) is 5.75 Å². The molecular formula is C25H20ClNO3S. The van der Waals surface area contributed by atoms with Crippen molar-refractivity contribution in [3.63, 3.8) is 0 Å². The number of benzene rings is 3. The largest absolute Gasteiger partial charge is 0.496 e. The number of nitrogens with zero attached hydrogens (tertiary/aromatic N) is 1. The van der Waals surface area contributed by atoms with Gasteiger partial charge in [-0.15, -0.1) is 11.8 Å². The van der Waals surface area contributed by atoms with Gasteiger partial charge in [0.1, 0.15) is 5.75 Å². The Balaban J connectivity index is 1.80. The quantitative estimate of drug-likeness (QED) is 0.441. The molecule has 6 heteroatoms. The van der Waals surface area contributed by atoms with Crippen molar-refractivity contribution >= 4 is 46.4 Å². The number of imide groups is 1. The van der Waals surface area contributed by atoms with Gasteiger partial charge in [-0.2, -0.15) is 0 Å². The van der Waals surface area contributed by atoms with Gasteiger partial charge in [-0.1, -0.05) is 60.1 Å². The highest BCUT2D eigenvalue weighted by atomic mass is 35.5. The van der Waals surface area contributed by atoms with Crippen LogP contribution >= 0.6 is 23.4 Å². The second-order valence-corrected chi connectivity index (χ2v) is 8.48. The SMILES string of the molecule is COc1ccccc1C1=C(SCc2ccccc2)C(=O)N(c2ccc(Cl)cc2C)C1=O. The number of halogens is 1. The minimum atomic E-state index is -0.365. The molecule has 0 radical (unpaired) electrons. The summed E-state index contributed by atoms with van der Waals surface area (Å²) in [5.41, 5.74) is 3.32. The first-order valence-corrected chi connectivity index (χ1v) is 11.1. The number of aryl methyl sites for hydroxylation is 1. The van der Waals surface area contributed by atoms with E-state index < -0.39 is 0 Å². The number of amides is 2. The van der Waals surface area contributed by atoms with Gasteiger partial charge in [0.15, 0.2) is 0 Å². The van der Waals surface area contributed by atoms with Crippen LogP contribution in [0.1, 0.15) is 16.7 Å². The van der Waals surface area contributed by atoms with Crippen molar-refractivity contribution in [2.24, 2.45) is 0 Å². The third-order valence-electron chi connectivity index (χ3n) is 5.04. The zero-order valence-corrected chi connectivity index (χ0v) is 18.7. The van der Waals surface area contributed by atoms with Gasteiger partial charge in [-0.25, -0.2) is 4.90 Å². The Hall–Kier alpha value is -3.02. The lowest BCUT2D eigenvalue weighted by atomic mass is 10.0. The number of rotatable bonds is 6. The van der Waals surface area contributed by atoms with Gasteiger partial charge in [0, 0.05) is 16.3 Å². The van der Waals surface area contributed by atoms with E-state index in [-0.39, 0.29) is 11.8 Å². The van der Waals surface area contributed by atoms with Crippen LogP contribution in [0.4, 0.5) is 5.69 Å². The van der Waals surface area contributed by atoms with Crippen molar-refractivity contribution in [1.29, 1.82) is 0 Å². The third kappa shape index (κ3) is 4.11. The normalized spacial score (nSPS) is 13.8. The van der Waals surface area contributed by atoms with E-state index in [0.29, 0.717) is 38.3 Å². The van der Waals surface area contributed by atoms with E-state index in [1.807, 2.05) is 49.4 Å². The summed E-state index contributed by atoms with van der Waals surface area (Å²) in [5.74, 6) is 0.417. The number of para-hydroxylation sites is 1. The molecule has 0 atom stereocenters. The Bertz CT molecular complexity index is 1190. The molecule has 4 rings (SSSR count). The van der Waals surface area contributed by atoms with Crippen LogP contribution < -0.4 is 9.64 Å². The molecule has 0 N–H and O–H groups in total. The standard InChI is InChI=1S/C25H20ClNO3S/c1-16-14-18(26)12-13-20(16)27-24(28)22(19-10-6-7-11-21(19)30-2)23(25(27)29)31-15-17-8-4-3-5-9-17/h3-14H,15H2,1-2H3. The van der Waals surface area contributed by atoms with Crippen LogP contribution in [0.3, 0.4) is 0 Å². The fourth-order valence-corrected chi connectivity index (χ4v) is 4.84. The predicted octanol–water partition coefficient (Wildman–Crippen LogP) is 5.87. The van der Waals surface area contributed by atoms with Gasteiger partial charge < -0.3 is 4.74 Å². The maximum absolute atomic E-state index is 13.6. The van der Waals surface area contributed by atoms with E-state index in [1.54, 1.807) is 37.4 Å². The molecule has 1 heterocycles. The Morgan fingerprint density at radius 2 is 1.65 bits per heavy atom. The van der Waals surface area contributed by atoms with Crippen LogP contribution in [0.2, 0.25) is 5.02 Å². The van der Waals surface area contributed by atoms with Crippen LogP contribution in [-0.4, -0.2) is 18.9 Å². The molecule has 1 aliphatic rings. The van der Waals surface area contributed by atoms with E-state index in [4.69, 9.17) is 16.3 Å². The number of carbonyl (C=O) groups excluding carboxylic acids is 2.